The van der Waals surface area contributed by atoms with Crippen molar-refractivity contribution in [1.29, 1.82) is 0 Å². The van der Waals surface area contributed by atoms with Crippen LogP contribution in [-0.4, -0.2) is 57.2 Å². The molecule has 6 heteroatoms. The lowest BCUT2D eigenvalue weighted by molar-refractivity contribution is -0.129. The van der Waals surface area contributed by atoms with Crippen LogP contribution in [0.5, 0.6) is 0 Å². The second-order valence-electron chi connectivity index (χ2n) is 6.75. The zero-order valence-electron chi connectivity index (χ0n) is 14.4. The first-order valence-electron chi connectivity index (χ1n) is 8.43. The van der Waals surface area contributed by atoms with Gasteiger partial charge in [-0.1, -0.05) is 6.07 Å². The molecule has 1 saturated heterocycles. The number of amides is 1. The molecule has 24 heavy (non-hydrogen) atoms. The van der Waals surface area contributed by atoms with Gasteiger partial charge >= 0.3 is 0 Å². The molecule has 3 heterocycles. The minimum atomic E-state index is 0.209. The summed E-state index contributed by atoms with van der Waals surface area (Å²) in [7, 11) is 4.01. The van der Waals surface area contributed by atoms with Crippen LogP contribution in [0.2, 0.25) is 0 Å². The van der Waals surface area contributed by atoms with Crippen molar-refractivity contribution in [2.75, 3.05) is 26.7 Å². The number of pyridine rings is 1. The first-order valence-corrected chi connectivity index (χ1v) is 8.43. The molecule has 1 aliphatic heterocycles. The van der Waals surface area contributed by atoms with E-state index in [-0.39, 0.29) is 5.91 Å². The van der Waals surface area contributed by atoms with Gasteiger partial charge < -0.3 is 9.80 Å². The third kappa shape index (κ3) is 4.41. The van der Waals surface area contributed by atoms with Gasteiger partial charge in [0.25, 0.3) is 0 Å². The second-order valence-corrected chi connectivity index (χ2v) is 6.75. The summed E-state index contributed by atoms with van der Waals surface area (Å²) in [4.78, 5) is 20.9. The van der Waals surface area contributed by atoms with Crippen molar-refractivity contribution in [3.63, 3.8) is 0 Å². The Morgan fingerprint density at radius 3 is 2.96 bits per heavy atom. The summed E-state index contributed by atoms with van der Waals surface area (Å²) in [6, 6.07) is 4.07. The minimum absolute atomic E-state index is 0.209. The Labute approximate surface area is 143 Å². The van der Waals surface area contributed by atoms with Crippen molar-refractivity contribution in [3.8, 4) is 0 Å². The molecule has 0 saturated carbocycles. The molecular formula is C18H25N5O. The maximum atomic E-state index is 12.4. The zero-order valence-corrected chi connectivity index (χ0v) is 14.4. The van der Waals surface area contributed by atoms with Crippen LogP contribution in [0.25, 0.3) is 0 Å². The monoisotopic (exact) mass is 327 g/mol. The SMILES string of the molecule is CN(Cc1cccnc1)C[C@@H]1CCN(C(=O)Cc2cnn(C)c2)C1. The average molecular weight is 327 g/mol. The number of carbonyl (C=O) groups is 1. The molecule has 0 N–H and O–H groups in total. The standard InChI is InChI=1S/C18H25N5O/c1-21(11-15-4-3-6-19-9-15)12-16-5-7-23(14-16)18(24)8-17-10-20-22(2)13-17/h3-4,6,9-10,13,16H,5,7-8,11-12,14H2,1-2H3/t16-/m0/s1. The lowest BCUT2D eigenvalue weighted by Crippen LogP contribution is -2.32. The zero-order chi connectivity index (χ0) is 16.9. The molecular weight excluding hydrogens is 302 g/mol. The molecule has 1 amide bonds. The Hall–Kier alpha value is -2.21. The van der Waals surface area contributed by atoms with Crippen molar-refractivity contribution in [1.82, 2.24) is 24.6 Å². The fourth-order valence-electron chi connectivity index (χ4n) is 3.37. The molecule has 0 aliphatic carbocycles. The number of hydrogen-bond acceptors (Lipinski definition) is 4. The summed E-state index contributed by atoms with van der Waals surface area (Å²) < 4.78 is 1.74. The Morgan fingerprint density at radius 2 is 2.25 bits per heavy atom. The highest BCUT2D eigenvalue weighted by molar-refractivity contribution is 5.78. The second kappa shape index (κ2) is 7.57. The first kappa shape index (κ1) is 16.6. The molecule has 0 bridgehead atoms. The van der Waals surface area contributed by atoms with Crippen molar-refractivity contribution in [2.45, 2.75) is 19.4 Å². The maximum Gasteiger partial charge on any atom is 0.227 e. The van der Waals surface area contributed by atoms with Crippen molar-refractivity contribution in [2.24, 2.45) is 13.0 Å². The summed E-state index contributed by atoms with van der Waals surface area (Å²) >= 11 is 0. The highest BCUT2D eigenvalue weighted by atomic mass is 16.2. The van der Waals surface area contributed by atoms with E-state index < -0.39 is 0 Å². The maximum absolute atomic E-state index is 12.4. The van der Waals surface area contributed by atoms with Crippen LogP contribution in [0.15, 0.2) is 36.9 Å². The van der Waals surface area contributed by atoms with Crippen molar-refractivity contribution >= 4 is 5.91 Å². The Morgan fingerprint density at radius 1 is 1.38 bits per heavy atom. The number of aromatic nitrogens is 3. The van der Waals surface area contributed by atoms with Crippen LogP contribution in [0.3, 0.4) is 0 Å². The number of carbonyl (C=O) groups excluding carboxylic acids is 1. The lowest BCUT2D eigenvalue weighted by Gasteiger charge is -2.21. The van der Waals surface area contributed by atoms with Gasteiger partial charge in [-0.25, -0.2) is 0 Å². The molecule has 0 unspecified atom stereocenters. The molecule has 0 spiro atoms. The van der Waals surface area contributed by atoms with Gasteiger partial charge in [-0.2, -0.15) is 5.10 Å². The van der Waals surface area contributed by atoms with Crippen LogP contribution < -0.4 is 0 Å². The largest absolute Gasteiger partial charge is 0.342 e. The van der Waals surface area contributed by atoms with Crippen LogP contribution in [0.1, 0.15) is 17.5 Å². The summed E-state index contributed by atoms with van der Waals surface area (Å²) in [6.07, 6.45) is 8.92. The molecule has 2 aromatic heterocycles. The quantitative estimate of drug-likeness (QED) is 0.803. The van der Waals surface area contributed by atoms with Gasteiger partial charge in [0.2, 0.25) is 5.91 Å². The minimum Gasteiger partial charge on any atom is -0.342 e. The predicted octanol–water partition coefficient (Wildman–Crippen LogP) is 1.34. The highest BCUT2D eigenvalue weighted by Gasteiger charge is 2.27. The number of likely N-dealkylation sites (tertiary alicyclic amines) is 1. The van der Waals surface area contributed by atoms with Crippen LogP contribution in [-0.2, 0) is 24.8 Å². The molecule has 1 aliphatic rings. The lowest BCUT2D eigenvalue weighted by atomic mass is 10.1. The summed E-state index contributed by atoms with van der Waals surface area (Å²) in [5, 5.41) is 4.12. The number of aryl methyl sites for hydroxylation is 1. The molecule has 1 atom stereocenters. The highest BCUT2D eigenvalue weighted by Crippen LogP contribution is 2.19. The smallest absolute Gasteiger partial charge is 0.227 e. The van der Waals surface area contributed by atoms with Crippen molar-refractivity contribution in [3.05, 3.63) is 48.0 Å². The van der Waals surface area contributed by atoms with Gasteiger partial charge in [0.15, 0.2) is 0 Å². The van der Waals surface area contributed by atoms with E-state index in [1.165, 1.54) is 5.56 Å². The fourth-order valence-corrected chi connectivity index (χ4v) is 3.37. The van der Waals surface area contributed by atoms with Crippen LogP contribution >= 0.6 is 0 Å². The van der Waals surface area contributed by atoms with E-state index in [4.69, 9.17) is 0 Å². The molecule has 3 rings (SSSR count). The van der Waals surface area contributed by atoms with E-state index in [1.807, 2.05) is 30.4 Å². The van der Waals surface area contributed by atoms with E-state index in [0.717, 1.165) is 38.2 Å². The van der Waals surface area contributed by atoms with Gasteiger partial charge in [0.05, 0.1) is 12.6 Å². The van der Waals surface area contributed by atoms with E-state index >= 15 is 0 Å². The number of rotatable bonds is 6. The number of hydrogen-bond donors (Lipinski definition) is 0. The van der Waals surface area contributed by atoms with Crippen LogP contribution in [0, 0.1) is 5.92 Å². The average Bonchev–Trinajstić information content (AvgIpc) is 3.17. The molecule has 6 nitrogen and oxygen atoms in total. The van der Waals surface area contributed by atoms with E-state index in [0.29, 0.717) is 12.3 Å². The third-order valence-electron chi connectivity index (χ3n) is 4.50. The Kier molecular flexibility index (Phi) is 5.25. The van der Waals surface area contributed by atoms with Gasteiger partial charge in [0, 0.05) is 51.8 Å². The normalized spacial score (nSPS) is 17.6. The van der Waals surface area contributed by atoms with Gasteiger partial charge in [-0.3, -0.25) is 14.5 Å². The van der Waals surface area contributed by atoms with E-state index in [1.54, 1.807) is 17.1 Å². The molecule has 2 aromatic rings. The fraction of sp³-hybridized carbons (Fsp3) is 0.500. The topological polar surface area (TPSA) is 54.3 Å². The van der Waals surface area contributed by atoms with Crippen molar-refractivity contribution < 1.29 is 4.79 Å². The molecule has 1 fully saturated rings. The Balaban J connectivity index is 1.45. The first-order chi connectivity index (χ1) is 11.6. The number of nitrogens with zero attached hydrogens (tertiary/aromatic N) is 5. The van der Waals surface area contributed by atoms with Crippen LogP contribution in [0.4, 0.5) is 0 Å². The van der Waals surface area contributed by atoms with E-state index in [9.17, 15) is 4.79 Å². The predicted molar refractivity (Wildman–Crippen MR) is 92.2 cm³/mol. The van der Waals surface area contributed by atoms with E-state index in [2.05, 4.69) is 28.1 Å². The molecule has 128 valence electrons. The molecule has 0 radical (unpaired) electrons. The summed E-state index contributed by atoms with van der Waals surface area (Å²) in [5.74, 6) is 0.755. The van der Waals surface area contributed by atoms with Gasteiger partial charge in [-0.15, -0.1) is 0 Å². The van der Waals surface area contributed by atoms with Gasteiger partial charge in [-0.05, 0) is 36.6 Å². The summed E-state index contributed by atoms with van der Waals surface area (Å²) in [5.41, 5.74) is 2.21. The third-order valence-corrected chi connectivity index (χ3v) is 4.50. The summed E-state index contributed by atoms with van der Waals surface area (Å²) in [6.45, 7) is 3.63. The Bertz CT molecular complexity index is 669. The van der Waals surface area contributed by atoms with Gasteiger partial charge in [0.1, 0.15) is 0 Å². The molecule has 0 aromatic carbocycles.